The van der Waals surface area contributed by atoms with Gasteiger partial charge in [0, 0.05) is 31.7 Å². The maximum atomic E-state index is 4.39. The van der Waals surface area contributed by atoms with Gasteiger partial charge < -0.3 is 9.88 Å². The van der Waals surface area contributed by atoms with E-state index >= 15 is 0 Å². The van der Waals surface area contributed by atoms with Gasteiger partial charge in [0.2, 0.25) is 0 Å². The maximum absolute atomic E-state index is 4.39. The average molecular weight is 179 g/mol. The van der Waals surface area contributed by atoms with Crippen LogP contribution in [0.25, 0.3) is 0 Å². The maximum Gasteiger partial charge on any atom is 0.0946 e. The topological polar surface area (TPSA) is 29.9 Å². The predicted molar refractivity (Wildman–Crippen MR) is 52.6 cm³/mol. The van der Waals surface area contributed by atoms with Crippen LogP contribution in [0.1, 0.15) is 31.4 Å². The second kappa shape index (κ2) is 3.50. The van der Waals surface area contributed by atoms with Crippen molar-refractivity contribution in [2.24, 2.45) is 7.05 Å². The zero-order chi connectivity index (χ0) is 9.26. The molecule has 2 rings (SSSR count). The van der Waals surface area contributed by atoms with Crippen molar-refractivity contribution >= 4 is 0 Å². The van der Waals surface area contributed by atoms with Crippen LogP contribution in [0.2, 0.25) is 0 Å². The largest absolute Gasteiger partial charge is 0.340 e. The van der Waals surface area contributed by atoms with Crippen LogP contribution in [0.15, 0.2) is 12.5 Å². The number of nitrogens with zero attached hydrogens (tertiary/aromatic N) is 2. The molecule has 2 atom stereocenters. The lowest BCUT2D eigenvalue weighted by Gasteiger charge is -2.26. The number of hydrogen-bond acceptors (Lipinski definition) is 2. The molecule has 2 unspecified atom stereocenters. The molecule has 0 aromatic carbocycles. The minimum Gasteiger partial charge on any atom is -0.340 e. The Kier molecular flexibility index (Phi) is 2.36. The van der Waals surface area contributed by atoms with Crippen molar-refractivity contribution in [1.82, 2.24) is 14.9 Å². The number of rotatable bonds is 1. The van der Waals surface area contributed by atoms with E-state index in [4.69, 9.17) is 0 Å². The van der Waals surface area contributed by atoms with Crippen LogP contribution in [-0.4, -0.2) is 22.1 Å². The van der Waals surface area contributed by atoms with Crippen molar-refractivity contribution < 1.29 is 0 Å². The minimum absolute atomic E-state index is 0.623. The van der Waals surface area contributed by atoms with Crippen molar-refractivity contribution in [2.45, 2.75) is 31.7 Å². The number of imidazole rings is 1. The van der Waals surface area contributed by atoms with Crippen LogP contribution >= 0.6 is 0 Å². The quantitative estimate of drug-likeness (QED) is 0.703. The molecule has 2 heterocycles. The first kappa shape index (κ1) is 8.75. The number of aromatic nitrogens is 2. The molecule has 13 heavy (non-hydrogen) atoms. The van der Waals surface area contributed by atoms with Crippen LogP contribution in [0.4, 0.5) is 0 Å². The monoisotopic (exact) mass is 179 g/mol. The highest BCUT2D eigenvalue weighted by molar-refractivity contribution is 5.06. The van der Waals surface area contributed by atoms with Gasteiger partial charge in [-0.2, -0.15) is 0 Å². The summed E-state index contributed by atoms with van der Waals surface area (Å²) in [6.45, 7) is 3.33. The van der Waals surface area contributed by atoms with E-state index in [1.165, 1.54) is 18.5 Å². The molecular formula is C10H17N3. The number of piperidine rings is 1. The molecule has 0 saturated carbocycles. The summed E-state index contributed by atoms with van der Waals surface area (Å²) >= 11 is 0. The first-order valence-electron chi connectivity index (χ1n) is 4.97. The van der Waals surface area contributed by atoms with Crippen LogP contribution < -0.4 is 5.32 Å². The zero-order valence-electron chi connectivity index (χ0n) is 8.33. The standard InChI is InChI=1S/C10H17N3/c1-8-3-4-9(5-11-8)10-6-13(2)7-12-10/h6-9,11H,3-5H2,1-2H3. The molecule has 0 bridgehead atoms. The summed E-state index contributed by atoms with van der Waals surface area (Å²) < 4.78 is 2.02. The third-order valence-electron chi connectivity index (χ3n) is 2.80. The Labute approximate surface area is 79.2 Å². The first-order valence-corrected chi connectivity index (χ1v) is 4.97. The predicted octanol–water partition coefficient (Wildman–Crippen LogP) is 1.28. The first-order chi connectivity index (χ1) is 6.25. The highest BCUT2D eigenvalue weighted by Gasteiger charge is 2.20. The lowest BCUT2D eigenvalue weighted by molar-refractivity contribution is 0.381. The normalized spacial score (nSPS) is 29.1. The molecular weight excluding hydrogens is 162 g/mol. The van der Waals surface area contributed by atoms with Crippen molar-refractivity contribution in [3.63, 3.8) is 0 Å². The lowest BCUT2D eigenvalue weighted by atomic mass is 9.93. The fourth-order valence-electron chi connectivity index (χ4n) is 1.90. The fourth-order valence-corrected chi connectivity index (χ4v) is 1.90. The van der Waals surface area contributed by atoms with E-state index in [-0.39, 0.29) is 0 Å². The summed E-state index contributed by atoms with van der Waals surface area (Å²) in [4.78, 5) is 4.39. The molecule has 1 aliphatic rings. The Bertz CT molecular complexity index is 271. The molecule has 0 aliphatic carbocycles. The van der Waals surface area contributed by atoms with Gasteiger partial charge in [-0.25, -0.2) is 4.98 Å². The van der Waals surface area contributed by atoms with Gasteiger partial charge in [-0.1, -0.05) is 0 Å². The molecule has 1 aliphatic heterocycles. The number of aryl methyl sites for hydroxylation is 1. The molecule has 1 aromatic heterocycles. The third-order valence-corrected chi connectivity index (χ3v) is 2.80. The van der Waals surface area contributed by atoms with Gasteiger partial charge in [0.15, 0.2) is 0 Å². The molecule has 0 amide bonds. The van der Waals surface area contributed by atoms with Crippen LogP contribution in [0.5, 0.6) is 0 Å². The van der Waals surface area contributed by atoms with Crippen LogP contribution in [-0.2, 0) is 7.05 Å². The van der Waals surface area contributed by atoms with Gasteiger partial charge in [0.05, 0.1) is 12.0 Å². The SMILES string of the molecule is CC1CCC(c2cn(C)cn2)CN1. The van der Waals surface area contributed by atoms with Crippen molar-refractivity contribution in [2.75, 3.05) is 6.54 Å². The van der Waals surface area contributed by atoms with Gasteiger partial charge in [0.25, 0.3) is 0 Å². The Morgan fingerprint density at radius 3 is 2.92 bits per heavy atom. The highest BCUT2D eigenvalue weighted by Crippen LogP contribution is 2.23. The summed E-state index contributed by atoms with van der Waals surface area (Å²) in [5.41, 5.74) is 1.24. The Morgan fingerprint density at radius 1 is 1.54 bits per heavy atom. The van der Waals surface area contributed by atoms with Gasteiger partial charge in [-0.05, 0) is 19.8 Å². The van der Waals surface area contributed by atoms with Crippen LogP contribution in [0, 0.1) is 0 Å². The van der Waals surface area contributed by atoms with Crippen LogP contribution in [0.3, 0.4) is 0 Å². The van der Waals surface area contributed by atoms with E-state index in [0.29, 0.717) is 12.0 Å². The summed E-state index contributed by atoms with van der Waals surface area (Å²) in [6.07, 6.45) is 6.54. The molecule has 3 heteroatoms. The van der Waals surface area contributed by atoms with Gasteiger partial charge in [-0.3, -0.25) is 0 Å². The van der Waals surface area contributed by atoms with E-state index in [2.05, 4.69) is 23.4 Å². The highest BCUT2D eigenvalue weighted by atomic mass is 15.0. The van der Waals surface area contributed by atoms with Gasteiger partial charge in [-0.15, -0.1) is 0 Å². The molecule has 0 spiro atoms. The molecule has 1 saturated heterocycles. The summed E-state index contributed by atoms with van der Waals surface area (Å²) in [6, 6.07) is 0.681. The Hall–Kier alpha value is -0.830. The average Bonchev–Trinajstić information content (AvgIpc) is 2.53. The summed E-state index contributed by atoms with van der Waals surface area (Å²) in [5.74, 6) is 0.623. The molecule has 1 aromatic rings. The number of hydrogen-bond donors (Lipinski definition) is 1. The zero-order valence-corrected chi connectivity index (χ0v) is 8.33. The minimum atomic E-state index is 0.623. The second-order valence-electron chi connectivity index (χ2n) is 4.05. The third kappa shape index (κ3) is 1.91. The van der Waals surface area contributed by atoms with Crippen molar-refractivity contribution in [3.8, 4) is 0 Å². The Morgan fingerprint density at radius 2 is 2.38 bits per heavy atom. The van der Waals surface area contributed by atoms with E-state index in [0.717, 1.165) is 6.54 Å². The lowest BCUT2D eigenvalue weighted by Crippen LogP contribution is -2.35. The van der Waals surface area contributed by atoms with E-state index in [1.807, 2.05) is 17.9 Å². The molecule has 0 radical (unpaired) electrons. The second-order valence-corrected chi connectivity index (χ2v) is 4.05. The van der Waals surface area contributed by atoms with Gasteiger partial charge in [0.1, 0.15) is 0 Å². The van der Waals surface area contributed by atoms with Crippen molar-refractivity contribution in [3.05, 3.63) is 18.2 Å². The van der Waals surface area contributed by atoms with Gasteiger partial charge >= 0.3 is 0 Å². The molecule has 3 nitrogen and oxygen atoms in total. The molecule has 1 fully saturated rings. The summed E-state index contributed by atoms with van der Waals surface area (Å²) in [7, 11) is 2.02. The fraction of sp³-hybridized carbons (Fsp3) is 0.700. The number of nitrogens with one attached hydrogen (secondary N) is 1. The summed E-state index contributed by atoms with van der Waals surface area (Å²) in [5, 5.41) is 3.49. The van der Waals surface area contributed by atoms with E-state index in [9.17, 15) is 0 Å². The molecule has 1 N–H and O–H groups in total. The van der Waals surface area contributed by atoms with E-state index in [1.54, 1.807) is 0 Å². The Balaban J connectivity index is 2.02. The van der Waals surface area contributed by atoms with Crippen molar-refractivity contribution in [1.29, 1.82) is 0 Å². The molecule has 72 valence electrons. The smallest absolute Gasteiger partial charge is 0.0946 e. The van der Waals surface area contributed by atoms with E-state index < -0.39 is 0 Å².